The Hall–Kier alpha value is -4.37. The summed E-state index contributed by atoms with van der Waals surface area (Å²) in [5.74, 6) is -5.62. The first kappa shape index (κ1) is 28.6. The highest BCUT2D eigenvalue weighted by atomic mass is 16.6. The molecular formula is C31H33N3O6. The van der Waals surface area contributed by atoms with E-state index in [9.17, 15) is 29.6 Å². The summed E-state index contributed by atoms with van der Waals surface area (Å²) in [6, 6.07) is 16.5. The van der Waals surface area contributed by atoms with Gasteiger partial charge < -0.3 is 15.7 Å². The maximum atomic E-state index is 13.9. The Morgan fingerprint density at radius 2 is 1.45 bits per heavy atom. The van der Waals surface area contributed by atoms with E-state index < -0.39 is 52.3 Å². The van der Waals surface area contributed by atoms with Crippen molar-refractivity contribution in [3.63, 3.8) is 0 Å². The number of aryl methyl sites for hydroxylation is 4. The largest absolute Gasteiger partial charge is 0.389 e. The van der Waals surface area contributed by atoms with E-state index in [1.807, 2.05) is 52.0 Å². The fourth-order valence-electron chi connectivity index (χ4n) is 5.67. The van der Waals surface area contributed by atoms with E-state index in [4.69, 9.17) is 0 Å². The predicted molar refractivity (Wildman–Crippen MR) is 152 cm³/mol. The highest BCUT2D eigenvalue weighted by Gasteiger charge is 2.56. The standard InChI is InChI=1S/C31H33N3O6/c1-17-9-11-23(19(3)13-17)32-29(36)27-25(35)16-31(5,38)28(26(27)21-7-6-8-22(15-21)34(39)40)30(37)33-24-12-10-18(2)14-20(24)4/h6-15,26-28,38H,16H2,1-5H3,(H,32,36)(H,33,37)/t26-,27+,28+,31-/m0/s1. The molecule has 1 saturated carbocycles. The van der Waals surface area contributed by atoms with Crippen LogP contribution in [-0.4, -0.2) is 33.2 Å². The Morgan fingerprint density at radius 1 is 0.900 bits per heavy atom. The fourth-order valence-corrected chi connectivity index (χ4v) is 5.67. The van der Waals surface area contributed by atoms with Crippen LogP contribution >= 0.6 is 0 Å². The molecule has 0 spiro atoms. The van der Waals surface area contributed by atoms with Crippen LogP contribution in [0.3, 0.4) is 0 Å². The molecule has 0 bridgehead atoms. The normalized spacial score (nSPS) is 22.4. The van der Waals surface area contributed by atoms with Gasteiger partial charge in [0.2, 0.25) is 11.8 Å². The van der Waals surface area contributed by atoms with Crippen LogP contribution in [0.25, 0.3) is 0 Å². The zero-order valence-electron chi connectivity index (χ0n) is 23.1. The number of hydrogen-bond donors (Lipinski definition) is 3. The van der Waals surface area contributed by atoms with Crippen LogP contribution in [0.5, 0.6) is 0 Å². The molecule has 3 N–H and O–H groups in total. The molecule has 9 heteroatoms. The number of ketones is 1. The van der Waals surface area contributed by atoms with Crippen LogP contribution in [0.2, 0.25) is 0 Å². The second kappa shape index (κ2) is 11.0. The average molecular weight is 544 g/mol. The molecule has 9 nitrogen and oxygen atoms in total. The Bertz CT molecular complexity index is 1510. The molecule has 0 heterocycles. The zero-order chi connectivity index (χ0) is 29.4. The average Bonchev–Trinajstić information content (AvgIpc) is 2.86. The lowest BCUT2D eigenvalue weighted by Gasteiger charge is -2.44. The van der Waals surface area contributed by atoms with Gasteiger partial charge in [-0.25, -0.2) is 0 Å². The summed E-state index contributed by atoms with van der Waals surface area (Å²) in [6.45, 7) is 8.90. The molecule has 0 aromatic heterocycles. The molecule has 4 rings (SSSR count). The molecule has 4 atom stereocenters. The lowest BCUT2D eigenvalue weighted by Crippen LogP contribution is -2.56. The van der Waals surface area contributed by atoms with E-state index in [1.165, 1.54) is 25.1 Å². The van der Waals surface area contributed by atoms with E-state index in [-0.39, 0.29) is 11.3 Å². The van der Waals surface area contributed by atoms with Gasteiger partial charge >= 0.3 is 0 Å². The van der Waals surface area contributed by atoms with E-state index in [0.29, 0.717) is 11.4 Å². The number of nitrogens with one attached hydrogen (secondary N) is 2. The Kier molecular flexibility index (Phi) is 7.88. The minimum absolute atomic E-state index is 0.240. The molecule has 208 valence electrons. The number of carbonyl (C=O) groups is 3. The van der Waals surface area contributed by atoms with Crippen molar-refractivity contribution >= 4 is 34.7 Å². The maximum absolute atomic E-state index is 13.9. The van der Waals surface area contributed by atoms with Crippen molar-refractivity contribution in [2.45, 2.75) is 52.6 Å². The van der Waals surface area contributed by atoms with Gasteiger partial charge in [0.25, 0.3) is 5.69 Å². The van der Waals surface area contributed by atoms with Crippen molar-refractivity contribution in [1.82, 2.24) is 0 Å². The molecule has 1 aliphatic rings. The van der Waals surface area contributed by atoms with Gasteiger partial charge in [-0.1, -0.05) is 47.5 Å². The number of rotatable bonds is 6. The third kappa shape index (κ3) is 5.79. The van der Waals surface area contributed by atoms with Gasteiger partial charge in [-0.3, -0.25) is 24.5 Å². The van der Waals surface area contributed by atoms with Gasteiger partial charge in [-0.2, -0.15) is 0 Å². The number of carbonyl (C=O) groups excluding carboxylic acids is 3. The molecule has 3 aromatic rings. The van der Waals surface area contributed by atoms with Crippen LogP contribution in [0.1, 0.15) is 47.1 Å². The summed E-state index contributed by atoms with van der Waals surface area (Å²) < 4.78 is 0. The third-order valence-corrected chi connectivity index (χ3v) is 7.58. The summed E-state index contributed by atoms with van der Waals surface area (Å²) in [4.78, 5) is 52.2. The first-order valence-corrected chi connectivity index (χ1v) is 13.0. The second-order valence-electron chi connectivity index (χ2n) is 10.9. The summed E-state index contributed by atoms with van der Waals surface area (Å²) >= 11 is 0. The minimum Gasteiger partial charge on any atom is -0.389 e. The third-order valence-electron chi connectivity index (χ3n) is 7.58. The number of non-ortho nitro benzene ring substituents is 1. The summed E-state index contributed by atoms with van der Waals surface area (Å²) in [5, 5.41) is 28.8. The summed E-state index contributed by atoms with van der Waals surface area (Å²) in [6.07, 6.45) is -0.436. The topological polar surface area (TPSA) is 139 Å². The Morgan fingerprint density at radius 3 is 1.98 bits per heavy atom. The highest BCUT2D eigenvalue weighted by Crippen LogP contribution is 2.47. The van der Waals surface area contributed by atoms with Gasteiger partial charge in [-0.15, -0.1) is 0 Å². The van der Waals surface area contributed by atoms with Crippen molar-refractivity contribution < 1.29 is 24.4 Å². The van der Waals surface area contributed by atoms with Gasteiger partial charge in [0, 0.05) is 35.8 Å². The summed E-state index contributed by atoms with van der Waals surface area (Å²) in [5.41, 5.74) is 2.79. The van der Waals surface area contributed by atoms with Gasteiger partial charge in [0.1, 0.15) is 11.7 Å². The number of benzene rings is 3. The zero-order valence-corrected chi connectivity index (χ0v) is 23.1. The number of nitro benzene ring substituents is 1. The lowest BCUT2D eigenvalue weighted by molar-refractivity contribution is -0.385. The number of hydrogen-bond acceptors (Lipinski definition) is 6. The fraction of sp³-hybridized carbons (Fsp3) is 0.323. The van der Waals surface area contributed by atoms with Crippen molar-refractivity contribution in [3.8, 4) is 0 Å². The van der Waals surface area contributed by atoms with E-state index in [0.717, 1.165) is 22.3 Å². The molecule has 0 unspecified atom stereocenters. The Labute approximate surface area is 232 Å². The molecule has 40 heavy (non-hydrogen) atoms. The maximum Gasteiger partial charge on any atom is 0.269 e. The molecule has 0 radical (unpaired) electrons. The Balaban J connectivity index is 1.82. The van der Waals surface area contributed by atoms with Crippen molar-refractivity contribution in [2.75, 3.05) is 10.6 Å². The number of amides is 2. The quantitative estimate of drug-likeness (QED) is 0.223. The van der Waals surface area contributed by atoms with Gasteiger partial charge in [-0.05, 0) is 63.4 Å². The number of nitrogens with zero attached hydrogens (tertiary/aromatic N) is 1. The molecule has 1 fully saturated rings. The molecule has 3 aromatic carbocycles. The van der Waals surface area contributed by atoms with Gasteiger partial charge in [0.05, 0.1) is 16.4 Å². The first-order chi connectivity index (χ1) is 18.8. The predicted octanol–water partition coefficient (Wildman–Crippen LogP) is 5.15. The monoisotopic (exact) mass is 543 g/mol. The molecule has 0 saturated heterocycles. The van der Waals surface area contributed by atoms with Crippen molar-refractivity contribution in [1.29, 1.82) is 0 Å². The number of nitro groups is 1. The number of Topliss-reactive ketones (excluding diaryl/α,β-unsaturated/α-hetero) is 1. The minimum atomic E-state index is -1.83. The van der Waals surface area contributed by atoms with Crippen molar-refractivity contribution in [3.05, 3.63) is 98.6 Å². The van der Waals surface area contributed by atoms with E-state index >= 15 is 0 Å². The second-order valence-corrected chi connectivity index (χ2v) is 10.9. The van der Waals surface area contributed by atoms with Crippen molar-refractivity contribution in [2.24, 2.45) is 11.8 Å². The number of aliphatic hydroxyl groups is 1. The van der Waals surface area contributed by atoms with Crippen LogP contribution in [0.4, 0.5) is 17.1 Å². The van der Waals surface area contributed by atoms with E-state index in [1.54, 1.807) is 18.2 Å². The van der Waals surface area contributed by atoms with Crippen LogP contribution in [0, 0.1) is 49.6 Å². The smallest absolute Gasteiger partial charge is 0.269 e. The van der Waals surface area contributed by atoms with Gasteiger partial charge in [0.15, 0.2) is 0 Å². The van der Waals surface area contributed by atoms with Crippen LogP contribution in [-0.2, 0) is 14.4 Å². The molecular weight excluding hydrogens is 510 g/mol. The molecule has 1 aliphatic carbocycles. The lowest BCUT2D eigenvalue weighted by atomic mass is 9.61. The number of anilines is 2. The van der Waals surface area contributed by atoms with E-state index in [2.05, 4.69) is 10.6 Å². The summed E-state index contributed by atoms with van der Waals surface area (Å²) in [7, 11) is 0. The van der Waals surface area contributed by atoms with Crippen LogP contribution < -0.4 is 10.6 Å². The van der Waals surface area contributed by atoms with Crippen LogP contribution in [0.15, 0.2) is 60.7 Å². The molecule has 0 aliphatic heterocycles. The highest BCUT2D eigenvalue weighted by molar-refractivity contribution is 6.10. The first-order valence-electron chi connectivity index (χ1n) is 13.0. The molecule has 2 amide bonds. The SMILES string of the molecule is Cc1ccc(NC(=O)[C@@H]2C(=O)C[C@](C)(O)[C@@H](C(=O)Nc3ccc(C)cc3C)[C@H]2c2cccc([N+](=O)[O-])c2)c(C)c1.